The van der Waals surface area contributed by atoms with Gasteiger partial charge in [0.15, 0.2) is 28.8 Å². The molecule has 0 aliphatic carbocycles. The van der Waals surface area contributed by atoms with Crippen LogP contribution in [0.25, 0.3) is 0 Å². The maximum absolute atomic E-state index is 12.6. The molecule has 1 aliphatic heterocycles. The number of piperazine rings is 1. The summed E-state index contributed by atoms with van der Waals surface area (Å²) in [7, 11) is 0. The lowest BCUT2D eigenvalue weighted by Gasteiger charge is -2.33. The second-order valence-corrected chi connectivity index (χ2v) is 6.03. The van der Waals surface area contributed by atoms with Crippen molar-refractivity contribution in [3.8, 4) is 23.0 Å². The third-order valence-electron chi connectivity index (χ3n) is 4.26. The number of benzene rings is 2. The molecule has 0 aromatic heterocycles. The van der Waals surface area contributed by atoms with Gasteiger partial charge in [-0.15, -0.1) is 0 Å². The van der Waals surface area contributed by atoms with Crippen molar-refractivity contribution in [2.45, 2.75) is 6.04 Å². The Kier molecular flexibility index (Phi) is 4.68. The topological polar surface area (TPSA) is 130 Å². The smallest absolute Gasteiger partial charge is 0.254 e. The van der Waals surface area contributed by atoms with Crippen molar-refractivity contribution in [1.29, 1.82) is 0 Å². The Balaban J connectivity index is 1.75. The maximum atomic E-state index is 12.6. The zero-order valence-corrected chi connectivity index (χ0v) is 13.7. The molecule has 8 nitrogen and oxygen atoms in total. The number of carbonyl (C=O) groups excluding carboxylic acids is 2. The standard InChI is InChI=1S/C18H18N2O6/c21-13-3-1-10(7-15(13)23)17(25)12-9-20(6-5-19-12)18(26)11-2-4-14(22)16(24)8-11/h1-4,7-8,12,19,21-24H,5-6,9H2. The number of amides is 1. The fourth-order valence-corrected chi connectivity index (χ4v) is 2.83. The van der Waals surface area contributed by atoms with E-state index in [0.29, 0.717) is 13.1 Å². The molecule has 1 atom stereocenters. The molecule has 136 valence electrons. The molecule has 8 heteroatoms. The molecule has 1 heterocycles. The number of carbonyl (C=O) groups is 2. The molecule has 3 rings (SSSR count). The minimum Gasteiger partial charge on any atom is -0.504 e. The lowest BCUT2D eigenvalue weighted by molar-refractivity contribution is 0.0676. The molecule has 0 radical (unpaired) electrons. The lowest BCUT2D eigenvalue weighted by Crippen LogP contribution is -2.55. The van der Waals surface area contributed by atoms with Crippen LogP contribution in [0.5, 0.6) is 23.0 Å². The third-order valence-corrected chi connectivity index (χ3v) is 4.26. The van der Waals surface area contributed by atoms with E-state index in [9.17, 15) is 30.0 Å². The van der Waals surface area contributed by atoms with Crippen LogP contribution in [0.1, 0.15) is 20.7 Å². The summed E-state index contributed by atoms with van der Waals surface area (Å²) in [6.07, 6.45) is 0. The van der Waals surface area contributed by atoms with Crippen molar-refractivity contribution >= 4 is 11.7 Å². The summed E-state index contributed by atoms with van der Waals surface area (Å²) in [6, 6.07) is 6.95. The number of phenols is 4. The number of phenolic OH excluding ortho intramolecular Hbond substituents is 4. The highest BCUT2D eigenvalue weighted by Crippen LogP contribution is 2.27. The first-order valence-electron chi connectivity index (χ1n) is 7.97. The number of ketones is 1. The first-order chi connectivity index (χ1) is 12.4. The zero-order valence-electron chi connectivity index (χ0n) is 13.7. The summed E-state index contributed by atoms with van der Waals surface area (Å²) in [6.45, 7) is 0.891. The average Bonchev–Trinajstić information content (AvgIpc) is 2.65. The Morgan fingerprint density at radius 1 is 0.885 bits per heavy atom. The molecule has 1 unspecified atom stereocenters. The van der Waals surface area contributed by atoms with Crippen molar-refractivity contribution < 1.29 is 30.0 Å². The van der Waals surface area contributed by atoms with Crippen molar-refractivity contribution in [2.75, 3.05) is 19.6 Å². The Labute approximate surface area is 148 Å². The minimum absolute atomic E-state index is 0.112. The van der Waals surface area contributed by atoms with Crippen LogP contribution in [0.2, 0.25) is 0 Å². The lowest BCUT2D eigenvalue weighted by atomic mass is 10.0. The molecule has 1 fully saturated rings. The van der Waals surface area contributed by atoms with Crippen LogP contribution in [0.4, 0.5) is 0 Å². The van der Waals surface area contributed by atoms with Gasteiger partial charge in [-0.1, -0.05) is 0 Å². The van der Waals surface area contributed by atoms with Gasteiger partial charge in [0.1, 0.15) is 0 Å². The highest BCUT2D eigenvalue weighted by atomic mass is 16.3. The molecule has 5 N–H and O–H groups in total. The van der Waals surface area contributed by atoms with Crippen molar-refractivity contribution in [2.24, 2.45) is 0 Å². The number of aromatic hydroxyl groups is 4. The Hall–Kier alpha value is -3.26. The Morgan fingerprint density at radius 2 is 1.46 bits per heavy atom. The number of hydrogen-bond donors (Lipinski definition) is 5. The van der Waals surface area contributed by atoms with Gasteiger partial charge in [0.2, 0.25) is 0 Å². The Morgan fingerprint density at radius 3 is 2.08 bits per heavy atom. The molecule has 26 heavy (non-hydrogen) atoms. The molecular formula is C18H18N2O6. The van der Waals surface area contributed by atoms with Crippen molar-refractivity contribution in [3.05, 3.63) is 47.5 Å². The van der Waals surface area contributed by atoms with Crippen LogP contribution in [0, 0.1) is 0 Å². The monoisotopic (exact) mass is 358 g/mol. The van der Waals surface area contributed by atoms with Crippen LogP contribution in [-0.2, 0) is 0 Å². The molecule has 1 saturated heterocycles. The van der Waals surface area contributed by atoms with Crippen LogP contribution < -0.4 is 5.32 Å². The molecular weight excluding hydrogens is 340 g/mol. The quantitative estimate of drug-likeness (QED) is 0.405. The molecule has 1 amide bonds. The number of nitrogens with zero attached hydrogens (tertiary/aromatic N) is 1. The van der Waals surface area contributed by atoms with Crippen LogP contribution in [0.3, 0.4) is 0 Å². The molecule has 2 aromatic rings. The first kappa shape index (κ1) is 17.6. The normalized spacial score (nSPS) is 17.1. The van der Waals surface area contributed by atoms with E-state index in [2.05, 4.69) is 5.32 Å². The molecule has 0 saturated carbocycles. The van der Waals surface area contributed by atoms with Gasteiger partial charge < -0.3 is 30.6 Å². The van der Waals surface area contributed by atoms with Gasteiger partial charge in [-0.2, -0.15) is 0 Å². The number of nitrogens with one attached hydrogen (secondary N) is 1. The number of hydrogen-bond acceptors (Lipinski definition) is 7. The number of Topliss-reactive ketones (excluding diaryl/α,β-unsaturated/α-hetero) is 1. The summed E-state index contributed by atoms with van der Waals surface area (Å²) < 4.78 is 0. The second-order valence-electron chi connectivity index (χ2n) is 6.03. The van der Waals surface area contributed by atoms with Crippen LogP contribution in [0.15, 0.2) is 36.4 Å². The highest BCUT2D eigenvalue weighted by molar-refractivity contribution is 6.02. The van der Waals surface area contributed by atoms with E-state index in [4.69, 9.17) is 0 Å². The highest BCUT2D eigenvalue weighted by Gasteiger charge is 2.29. The molecule has 0 bridgehead atoms. The summed E-state index contributed by atoms with van der Waals surface area (Å²) in [5.74, 6) is -2.10. The van der Waals surface area contributed by atoms with E-state index in [0.717, 1.165) is 0 Å². The van der Waals surface area contributed by atoms with E-state index >= 15 is 0 Å². The van der Waals surface area contributed by atoms with Gasteiger partial charge in [0.05, 0.1) is 6.04 Å². The van der Waals surface area contributed by atoms with E-state index in [1.54, 1.807) is 0 Å². The van der Waals surface area contributed by atoms with Crippen LogP contribution in [-0.4, -0.2) is 62.7 Å². The summed E-state index contributed by atoms with van der Waals surface area (Å²) >= 11 is 0. The van der Waals surface area contributed by atoms with E-state index < -0.39 is 11.8 Å². The van der Waals surface area contributed by atoms with Gasteiger partial charge >= 0.3 is 0 Å². The number of rotatable bonds is 3. The van der Waals surface area contributed by atoms with E-state index in [1.807, 2.05) is 0 Å². The summed E-state index contributed by atoms with van der Waals surface area (Å²) in [5, 5.41) is 40.8. The predicted molar refractivity (Wildman–Crippen MR) is 91.6 cm³/mol. The first-order valence-corrected chi connectivity index (χ1v) is 7.97. The average molecular weight is 358 g/mol. The summed E-state index contributed by atoms with van der Waals surface area (Å²) in [4.78, 5) is 26.7. The van der Waals surface area contributed by atoms with E-state index in [-0.39, 0.29) is 46.6 Å². The third kappa shape index (κ3) is 3.40. The second kappa shape index (κ2) is 6.93. The molecule has 1 aliphatic rings. The van der Waals surface area contributed by atoms with Crippen molar-refractivity contribution in [1.82, 2.24) is 10.2 Å². The maximum Gasteiger partial charge on any atom is 0.254 e. The van der Waals surface area contributed by atoms with Gasteiger partial charge in [-0.05, 0) is 36.4 Å². The Bertz CT molecular complexity index is 797. The summed E-state index contributed by atoms with van der Waals surface area (Å²) in [5.41, 5.74) is 0.421. The SMILES string of the molecule is O=C(c1ccc(O)c(O)c1)C1CN(C(=O)c2ccc(O)c(O)c2)CCN1. The van der Waals surface area contributed by atoms with Crippen molar-refractivity contribution in [3.63, 3.8) is 0 Å². The fourth-order valence-electron chi connectivity index (χ4n) is 2.83. The van der Waals surface area contributed by atoms with Gasteiger partial charge in [0, 0.05) is 30.8 Å². The van der Waals surface area contributed by atoms with Crippen LogP contribution >= 0.6 is 0 Å². The molecule has 0 spiro atoms. The fraction of sp³-hybridized carbons (Fsp3) is 0.222. The van der Waals surface area contributed by atoms with Gasteiger partial charge in [-0.3, -0.25) is 9.59 Å². The van der Waals surface area contributed by atoms with Gasteiger partial charge in [-0.25, -0.2) is 0 Å². The molecule has 2 aromatic carbocycles. The van der Waals surface area contributed by atoms with Gasteiger partial charge in [0.25, 0.3) is 5.91 Å². The predicted octanol–water partition coefficient (Wildman–Crippen LogP) is 0.806. The largest absolute Gasteiger partial charge is 0.504 e. The van der Waals surface area contributed by atoms with E-state index in [1.165, 1.54) is 41.3 Å². The minimum atomic E-state index is -0.664. The zero-order chi connectivity index (χ0) is 18.8.